The highest BCUT2D eigenvalue weighted by Crippen LogP contribution is 2.15. The van der Waals surface area contributed by atoms with Crippen molar-refractivity contribution in [2.75, 3.05) is 33.3 Å². The van der Waals surface area contributed by atoms with Gasteiger partial charge < -0.3 is 25.2 Å². The number of hydrogen-bond donors (Lipinski definition) is 2. The molecule has 0 spiro atoms. The number of amides is 2. The molecule has 3 rings (SSSR count). The summed E-state index contributed by atoms with van der Waals surface area (Å²) < 4.78 is 5.07. The van der Waals surface area contributed by atoms with Crippen LogP contribution in [0.3, 0.4) is 0 Å². The molecule has 0 radical (unpaired) electrons. The van der Waals surface area contributed by atoms with Crippen LogP contribution in [-0.4, -0.2) is 67.1 Å². The van der Waals surface area contributed by atoms with Crippen molar-refractivity contribution >= 4 is 41.9 Å². The molecule has 1 aromatic rings. The first-order chi connectivity index (χ1) is 14.6. The van der Waals surface area contributed by atoms with Crippen molar-refractivity contribution < 1.29 is 14.3 Å². The van der Waals surface area contributed by atoms with E-state index in [4.69, 9.17) is 4.74 Å². The maximum absolute atomic E-state index is 11.9. The fourth-order valence-electron chi connectivity index (χ4n) is 3.92. The first kappa shape index (κ1) is 25.2. The summed E-state index contributed by atoms with van der Waals surface area (Å²) in [5.74, 6) is 1.00. The summed E-state index contributed by atoms with van der Waals surface area (Å²) in [7, 11) is 1.76. The molecule has 9 heteroatoms. The van der Waals surface area contributed by atoms with E-state index in [-0.39, 0.29) is 42.0 Å². The largest absolute Gasteiger partial charge is 0.450 e. The molecule has 0 atom stereocenters. The van der Waals surface area contributed by atoms with Gasteiger partial charge in [0, 0.05) is 52.2 Å². The Labute approximate surface area is 201 Å². The second kappa shape index (κ2) is 12.7. The maximum Gasteiger partial charge on any atom is 0.409 e. The Balaban J connectivity index is 0.00000341. The molecule has 172 valence electrons. The van der Waals surface area contributed by atoms with Gasteiger partial charge >= 0.3 is 6.09 Å². The van der Waals surface area contributed by atoms with E-state index in [2.05, 4.69) is 33.8 Å². The molecule has 0 saturated carbocycles. The van der Waals surface area contributed by atoms with Crippen LogP contribution in [0.15, 0.2) is 29.3 Å². The molecule has 2 N–H and O–H groups in total. The van der Waals surface area contributed by atoms with Crippen LogP contribution >= 0.6 is 24.0 Å². The van der Waals surface area contributed by atoms with Gasteiger partial charge in [-0.25, -0.2) is 4.79 Å². The highest BCUT2D eigenvalue weighted by atomic mass is 127. The van der Waals surface area contributed by atoms with Crippen molar-refractivity contribution in [3.63, 3.8) is 0 Å². The second-order valence-corrected chi connectivity index (χ2v) is 7.77. The molecule has 0 aliphatic carbocycles. The highest BCUT2D eigenvalue weighted by Gasteiger charge is 2.24. The number of carbonyl (C=O) groups is 2. The number of aliphatic imine (C=N–C) groups is 1. The monoisotopic (exact) mass is 543 g/mol. The summed E-state index contributed by atoms with van der Waals surface area (Å²) >= 11 is 0. The van der Waals surface area contributed by atoms with Gasteiger partial charge in [-0.1, -0.05) is 24.3 Å². The van der Waals surface area contributed by atoms with Gasteiger partial charge in [-0.2, -0.15) is 0 Å². The third-order valence-corrected chi connectivity index (χ3v) is 5.58. The van der Waals surface area contributed by atoms with Crippen molar-refractivity contribution in [2.24, 2.45) is 4.99 Å². The molecule has 0 aromatic heterocycles. The molecule has 31 heavy (non-hydrogen) atoms. The van der Waals surface area contributed by atoms with E-state index >= 15 is 0 Å². The average Bonchev–Trinajstić information content (AvgIpc) is 3.16. The van der Waals surface area contributed by atoms with E-state index in [1.807, 2.05) is 17.9 Å². The van der Waals surface area contributed by atoms with E-state index in [0.717, 1.165) is 42.9 Å². The van der Waals surface area contributed by atoms with Crippen LogP contribution in [0.25, 0.3) is 0 Å². The lowest BCUT2D eigenvalue weighted by Gasteiger charge is -2.32. The number of nitrogens with one attached hydrogen (secondary N) is 2. The van der Waals surface area contributed by atoms with E-state index in [0.29, 0.717) is 39.2 Å². The molecule has 0 unspecified atom stereocenters. The van der Waals surface area contributed by atoms with E-state index < -0.39 is 0 Å². The Morgan fingerprint density at radius 3 is 2.61 bits per heavy atom. The fourth-order valence-corrected chi connectivity index (χ4v) is 3.92. The third kappa shape index (κ3) is 7.55. The number of benzene rings is 1. The van der Waals surface area contributed by atoms with Gasteiger partial charge in [0.05, 0.1) is 6.61 Å². The summed E-state index contributed by atoms with van der Waals surface area (Å²) in [6.45, 7) is 5.79. The number of nitrogens with zero attached hydrogens (tertiary/aromatic N) is 3. The Kier molecular flexibility index (Phi) is 10.4. The van der Waals surface area contributed by atoms with Crippen molar-refractivity contribution in [1.82, 2.24) is 20.4 Å². The standard InChI is InChI=1S/C22H33N5O3.HI/c1-3-30-22(29)26-12-9-19(10-13-26)25-21(23-2)24-15-17-6-4-7-18(14-17)16-27-11-5-8-20(27)28;/h4,6-7,14,19H,3,5,8-13,15-16H2,1-2H3,(H2,23,24,25);1H. The quantitative estimate of drug-likeness (QED) is 0.328. The highest BCUT2D eigenvalue weighted by molar-refractivity contribution is 14.0. The Morgan fingerprint density at radius 1 is 1.23 bits per heavy atom. The van der Waals surface area contributed by atoms with Crippen LogP contribution in [0.1, 0.15) is 43.7 Å². The zero-order valence-corrected chi connectivity index (χ0v) is 20.8. The van der Waals surface area contributed by atoms with Crippen LogP contribution in [-0.2, 0) is 22.6 Å². The molecule has 2 amide bonds. The molecule has 0 bridgehead atoms. The summed E-state index contributed by atoms with van der Waals surface area (Å²) in [4.78, 5) is 31.7. The smallest absolute Gasteiger partial charge is 0.409 e. The van der Waals surface area contributed by atoms with Crippen LogP contribution in [0.4, 0.5) is 4.79 Å². The topological polar surface area (TPSA) is 86.3 Å². The molecule has 2 fully saturated rings. The SMILES string of the molecule is CCOC(=O)N1CCC(NC(=NC)NCc2cccc(CN3CCCC3=O)c2)CC1.I. The number of carbonyl (C=O) groups excluding carboxylic acids is 2. The van der Waals surface area contributed by atoms with E-state index in [9.17, 15) is 9.59 Å². The zero-order chi connectivity index (χ0) is 21.3. The van der Waals surface area contributed by atoms with E-state index in [1.165, 1.54) is 0 Å². The molecule has 2 saturated heterocycles. The lowest BCUT2D eigenvalue weighted by Crippen LogP contribution is -2.49. The number of guanidine groups is 1. The number of hydrogen-bond acceptors (Lipinski definition) is 4. The number of ether oxygens (including phenoxy) is 1. The van der Waals surface area contributed by atoms with Crippen LogP contribution in [0.2, 0.25) is 0 Å². The maximum atomic E-state index is 11.9. The lowest BCUT2D eigenvalue weighted by atomic mass is 10.1. The molecular formula is C22H34IN5O3. The normalized spacial score (nSPS) is 17.4. The lowest BCUT2D eigenvalue weighted by molar-refractivity contribution is -0.128. The molecule has 8 nitrogen and oxygen atoms in total. The van der Waals surface area contributed by atoms with Crippen LogP contribution in [0.5, 0.6) is 0 Å². The third-order valence-electron chi connectivity index (χ3n) is 5.58. The summed E-state index contributed by atoms with van der Waals surface area (Å²) in [5, 5.41) is 6.82. The second-order valence-electron chi connectivity index (χ2n) is 7.77. The van der Waals surface area contributed by atoms with Crippen LogP contribution < -0.4 is 10.6 Å². The molecule has 2 heterocycles. The van der Waals surface area contributed by atoms with E-state index in [1.54, 1.807) is 11.9 Å². The fraction of sp³-hybridized carbons (Fsp3) is 0.591. The Hall–Kier alpha value is -2.04. The van der Waals surface area contributed by atoms with Crippen molar-refractivity contribution in [3.05, 3.63) is 35.4 Å². The van der Waals surface area contributed by atoms with Crippen molar-refractivity contribution in [1.29, 1.82) is 0 Å². The summed E-state index contributed by atoms with van der Waals surface area (Å²) in [6.07, 6.45) is 3.12. The van der Waals surface area contributed by atoms with Gasteiger partial charge in [-0.3, -0.25) is 9.79 Å². The van der Waals surface area contributed by atoms with Crippen LogP contribution in [0, 0.1) is 0 Å². The minimum absolute atomic E-state index is 0. The number of piperidine rings is 1. The molecule has 2 aliphatic rings. The Bertz CT molecular complexity index is 765. The van der Waals surface area contributed by atoms with Gasteiger partial charge in [-0.15, -0.1) is 24.0 Å². The Morgan fingerprint density at radius 2 is 1.97 bits per heavy atom. The van der Waals surface area contributed by atoms with Gasteiger partial charge in [0.25, 0.3) is 0 Å². The van der Waals surface area contributed by atoms with Crippen molar-refractivity contribution in [3.8, 4) is 0 Å². The number of likely N-dealkylation sites (tertiary alicyclic amines) is 2. The minimum atomic E-state index is -0.228. The van der Waals surface area contributed by atoms with Gasteiger partial charge in [0.15, 0.2) is 5.96 Å². The van der Waals surface area contributed by atoms with Gasteiger partial charge in [0.1, 0.15) is 0 Å². The molecular weight excluding hydrogens is 509 g/mol. The summed E-state index contributed by atoms with van der Waals surface area (Å²) in [5.41, 5.74) is 2.30. The number of rotatable bonds is 6. The average molecular weight is 543 g/mol. The minimum Gasteiger partial charge on any atom is -0.450 e. The van der Waals surface area contributed by atoms with Crippen molar-refractivity contribution in [2.45, 2.75) is 51.7 Å². The summed E-state index contributed by atoms with van der Waals surface area (Å²) in [6, 6.07) is 8.60. The van der Waals surface area contributed by atoms with Gasteiger partial charge in [-0.05, 0) is 37.3 Å². The molecule has 1 aromatic carbocycles. The zero-order valence-electron chi connectivity index (χ0n) is 18.4. The predicted molar refractivity (Wildman–Crippen MR) is 131 cm³/mol. The first-order valence-corrected chi connectivity index (χ1v) is 10.8. The van der Waals surface area contributed by atoms with Gasteiger partial charge in [0.2, 0.25) is 5.91 Å². The predicted octanol–water partition coefficient (Wildman–Crippen LogP) is 2.71. The molecule has 2 aliphatic heterocycles. The number of halogens is 1. The first-order valence-electron chi connectivity index (χ1n) is 10.8.